The Kier molecular flexibility index (Phi) is 5.43. The maximum Gasteiger partial charge on any atom is 0.351 e. The molecule has 1 atom stereocenters. The van der Waals surface area contributed by atoms with Crippen molar-refractivity contribution < 1.29 is 9.90 Å². The van der Waals surface area contributed by atoms with Crippen LogP contribution in [0.5, 0.6) is 5.75 Å². The Morgan fingerprint density at radius 1 is 0.781 bits per heavy atom. The van der Waals surface area contributed by atoms with Crippen LogP contribution in [0.25, 0.3) is 5.69 Å². The number of ketones is 1. The van der Waals surface area contributed by atoms with E-state index < -0.39 is 6.04 Å². The zero-order valence-corrected chi connectivity index (χ0v) is 17.9. The Morgan fingerprint density at radius 3 is 1.94 bits per heavy atom. The molecule has 2 fully saturated rings. The molecule has 1 aromatic heterocycles. The number of piperazine rings is 1. The molecule has 1 saturated heterocycles. The highest BCUT2D eigenvalue weighted by molar-refractivity contribution is 5.83. The van der Waals surface area contributed by atoms with Crippen molar-refractivity contribution in [2.24, 2.45) is 0 Å². The molecule has 5 rings (SSSR count). The van der Waals surface area contributed by atoms with Crippen molar-refractivity contribution in [3.05, 3.63) is 65.3 Å². The fraction of sp³-hybridized carbons (Fsp3) is 0.375. The monoisotopic (exact) mass is 433 g/mol. The summed E-state index contributed by atoms with van der Waals surface area (Å²) in [6.45, 7) is 3.58. The summed E-state index contributed by atoms with van der Waals surface area (Å²) in [5.41, 5.74) is 2.71. The van der Waals surface area contributed by atoms with Gasteiger partial charge in [0.1, 0.15) is 18.1 Å². The molecule has 166 valence electrons. The van der Waals surface area contributed by atoms with E-state index in [2.05, 4.69) is 14.9 Å². The van der Waals surface area contributed by atoms with Crippen LogP contribution >= 0.6 is 0 Å². The highest BCUT2D eigenvalue weighted by Crippen LogP contribution is 2.25. The second kappa shape index (κ2) is 8.53. The van der Waals surface area contributed by atoms with Gasteiger partial charge in [0, 0.05) is 44.0 Å². The van der Waals surface area contributed by atoms with Gasteiger partial charge in [-0.15, -0.1) is 0 Å². The van der Waals surface area contributed by atoms with Gasteiger partial charge in [0.2, 0.25) is 0 Å². The molecule has 2 aromatic carbocycles. The summed E-state index contributed by atoms with van der Waals surface area (Å²) in [5.74, 6) is 0.382. The molecule has 1 aliphatic heterocycles. The minimum Gasteiger partial charge on any atom is -0.508 e. The van der Waals surface area contributed by atoms with Gasteiger partial charge in [-0.05, 0) is 61.4 Å². The van der Waals surface area contributed by atoms with E-state index in [-0.39, 0.29) is 17.2 Å². The highest BCUT2D eigenvalue weighted by Gasteiger charge is 2.27. The first-order chi connectivity index (χ1) is 15.6. The summed E-state index contributed by atoms with van der Waals surface area (Å²) >= 11 is 0. The molecule has 0 bridgehead atoms. The minimum atomic E-state index is -0.429. The van der Waals surface area contributed by atoms with Crippen molar-refractivity contribution >= 4 is 17.2 Å². The van der Waals surface area contributed by atoms with Crippen LogP contribution in [0.1, 0.15) is 31.7 Å². The van der Waals surface area contributed by atoms with Crippen LogP contribution in [0.3, 0.4) is 0 Å². The average Bonchev–Trinajstić information content (AvgIpc) is 3.21. The zero-order valence-electron chi connectivity index (χ0n) is 17.9. The third kappa shape index (κ3) is 3.88. The fourth-order valence-electron chi connectivity index (χ4n) is 4.64. The Labute approximate surface area is 186 Å². The molecular weight excluding hydrogens is 406 g/mol. The van der Waals surface area contributed by atoms with Crippen LogP contribution in [0.2, 0.25) is 0 Å². The van der Waals surface area contributed by atoms with Crippen LogP contribution < -0.4 is 15.5 Å². The summed E-state index contributed by atoms with van der Waals surface area (Å²) in [7, 11) is 0. The topological polar surface area (TPSA) is 83.6 Å². The van der Waals surface area contributed by atoms with Crippen LogP contribution in [0.4, 0.5) is 11.4 Å². The Hall–Kier alpha value is -3.55. The van der Waals surface area contributed by atoms with E-state index in [1.807, 2.05) is 36.4 Å². The lowest BCUT2D eigenvalue weighted by molar-refractivity contribution is -0.124. The van der Waals surface area contributed by atoms with E-state index >= 15 is 0 Å². The van der Waals surface area contributed by atoms with Gasteiger partial charge >= 0.3 is 5.69 Å². The summed E-state index contributed by atoms with van der Waals surface area (Å²) in [6.07, 6.45) is 4.57. The first-order valence-corrected chi connectivity index (χ1v) is 11.2. The normalized spacial score (nSPS) is 19.4. The molecule has 2 heterocycles. The van der Waals surface area contributed by atoms with Crippen molar-refractivity contribution in [2.75, 3.05) is 36.0 Å². The molecular formula is C24H27N5O3. The minimum absolute atomic E-state index is 0.102. The summed E-state index contributed by atoms with van der Waals surface area (Å²) in [5, 5.41) is 13.7. The molecule has 0 amide bonds. The number of hydrogen-bond acceptors (Lipinski definition) is 6. The molecule has 32 heavy (non-hydrogen) atoms. The second-order valence-corrected chi connectivity index (χ2v) is 8.46. The average molecular weight is 434 g/mol. The van der Waals surface area contributed by atoms with Crippen LogP contribution in [-0.4, -0.2) is 51.4 Å². The molecule has 2 aliphatic rings. The molecule has 0 spiro atoms. The molecule has 1 aliphatic carbocycles. The molecule has 3 aromatic rings. The Bertz CT molecular complexity index is 1140. The van der Waals surface area contributed by atoms with Gasteiger partial charge in [0.05, 0.1) is 5.69 Å². The van der Waals surface area contributed by atoms with Crippen molar-refractivity contribution in [3.63, 3.8) is 0 Å². The van der Waals surface area contributed by atoms with Gasteiger partial charge in [-0.3, -0.25) is 4.79 Å². The number of nitrogens with zero attached hydrogens (tertiary/aromatic N) is 5. The lowest BCUT2D eigenvalue weighted by atomic mass is 9.94. The first kappa shape index (κ1) is 20.4. The zero-order chi connectivity index (χ0) is 22.1. The predicted octanol–water partition coefficient (Wildman–Crippen LogP) is 2.75. The predicted molar refractivity (Wildman–Crippen MR) is 123 cm³/mol. The van der Waals surface area contributed by atoms with Crippen molar-refractivity contribution in [3.8, 4) is 11.4 Å². The first-order valence-electron chi connectivity index (χ1n) is 11.2. The number of carbonyl (C=O) groups excluding carboxylic acids is 1. The second-order valence-electron chi connectivity index (χ2n) is 8.46. The quantitative estimate of drug-likeness (QED) is 0.681. The summed E-state index contributed by atoms with van der Waals surface area (Å²) in [6, 6.07) is 14.8. The van der Waals surface area contributed by atoms with E-state index in [1.54, 1.807) is 12.1 Å². The number of phenols is 1. The largest absolute Gasteiger partial charge is 0.508 e. The van der Waals surface area contributed by atoms with Crippen LogP contribution in [-0.2, 0) is 4.79 Å². The molecule has 8 nitrogen and oxygen atoms in total. The summed E-state index contributed by atoms with van der Waals surface area (Å²) < 4.78 is 2.85. The van der Waals surface area contributed by atoms with Gasteiger partial charge < -0.3 is 14.9 Å². The van der Waals surface area contributed by atoms with Crippen LogP contribution in [0, 0.1) is 0 Å². The van der Waals surface area contributed by atoms with Gasteiger partial charge in [0.15, 0.2) is 5.78 Å². The van der Waals surface area contributed by atoms with E-state index in [0.29, 0.717) is 12.8 Å². The lowest BCUT2D eigenvalue weighted by Gasteiger charge is -2.37. The molecule has 1 saturated carbocycles. The van der Waals surface area contributed by atoms with E-state index in [4.69, 9.17) is 0 Å². The molecule has 8 heteroatoms. The van der Waals surface area contributed by atoms with Gasteiger partial charge in [-0.1, -0.05) is 6.42 Å². The number of aromatic hydroxyl groups is 1. The maximum absolute atomic E-state index is 12.9. The lowest BCUT2D eigenvalue weighted by Crippen LogP contribution is -2.46. The van der Waals surface area contributed by atoms with Gasteiger partial charge in [0.25, 0.3) is 0 Å². The molecule has 1 N–H and O–H groups in total. The number of anilines is 2. The van der Waals surface area contributed by atoms with E-state index in [0.717, 1.165) is 56.1 Å². The van der Waals surface area contributed by atoms with Gasteiger partial charge in [-0.25, -0.2) is 14.0 Å². The number of benzene rings is 2. The number of rotatable bonds is 4. The van der Waals surface area contributed by atoms with E-state index in [9.17, 15) is 14.7 Å². The number of carbonyl (C=O) groups is 1. The SMILES string of the molecule is O=C1CCCCC1n1ncn(-c2ccc(N3CCN(c4ccc(O)cc4)CC3)cc2)c1=O. The molecule has 0 radical (unpaired) electrons. The Balaban J connectivity index is 1.27. The van der Waals surface area contributed by atoms with Crippen molar-refractivity contribution in [1.82, 2.24) is 14.3 Å². The number of phenolic OH excluding ortho intramolecular Hbond substituents is 1. The third-order valence-electron chi connectivity index (χ3n) is 6.50. The third-order valence-corrected chi connectivity index (χ3v) is 6.50. The Morgan fingerprint density at radius 2 is 1.34 bits per heavy atom. The number of hydrogen-bond donors (Lipinski definition) is 1. The van der Waals surface area contributed by atoms with Crippen molar-refractivity contribution in [1.29, 1.82) is 0 Å². The standard InChI is InChI=1S/C24H27N5O3/c30-21-11-9-19(10-12-21)27-15-13-26(14-16-27)18-5-7-20(8-6-18)28-17-25-29(24(28)32)22-3-1-2-4-23(22)31/h5-12,17,22,30H,1-4,13-16H2. The molecule has 1 unspecified atom stereocenters. The van der Waals surface area contributed by atoms with Crippen LogP contribution in [0.15, 0.2) is 59.7 Å². The summed E-state index contributed by atoms with van der Waals surface area (Å²) in [4.78, 5) is 29.7. The number of Topliss-reactive ketones (excluding diaryl/α,β-unsaturated/α-hetero) is 1. The smallest absolute Gasteiger partial charge is 0.351 e. The van der Waals surface area contributed by atoms with Crippen molar-refractivity contribution in [2.45, 2.75) is 31.7 Å². The number of aromatic nitrogens is 3. The van der Waals surface area contributed by atoms with Gasteiger partial charge in [-0.2, -0.15) is 5.10 Å². The van der Waals surface area contributed by atoms with E-state index in [1.165, 1.54) is 15.6 Å². The maximum atomic E-state index is 12.9. The highest BCUT2D eigenvalue weighted by atomic mass is 16.3. The fourth-order valence-corrected chi connectivity index (χ4v) is 4.64.